The van der Waals surface area contributed by atoms with Crippen LogP contribution in [0, 0.1) is 0 Å². The Morgan fingerprint density at radius 1 is 1.14 bits per heavy atom. The van der Waals surface area contributed by atoms with Gasteiger partial charge in [0.25, 0.3) is 5.91 Å². The third-order valence-corrected chi connectivity index (χ3v) is 3.96. The van der Waals surface area contributed by atoms with Crippen LogP contribution in [0.5, 0.6) is 0 Å². The standard InChI is InChI=1S/C18H17ClN2O/c1-11(2)12-3-6-14(7-4-12)21-18(22)16-10-20-17-8-5-13(19)9-15(16)17/h3-11,20H,1-2H3,(H,21,22). The number of fused-ring (bicyclic) bond motifs is 1. The molecule has 0 unspecified atom stereocenters. The van der Waals surface area contributed by atoms with Crippen molar-refractivity contribution in [2.75, 3.05) is 5.32 Å². The van der Waals surface area contributed by atoms with Crippen LogP contribution in [-0.2, 0) is 0 Å². The number of benzene rings is 2. The van der Waals surface area contributed by atoms with Crippen LogP contribution in [0.1, 0.15) is 35.7 Å². The summed E-state index contributed by atoms with van der Waals surface area (Å²) in [5.74, 6) is 0.325. The van der Waals surface area contributed by atoms with Crippen LogP contribution in [0.15, 0.2) is 48.7 Å². The highest BCUT2D eigenvalue weighted by Crippen LogP contribution is 2.24. The van der Waals surface area contributed by atoms with Gasteiger partial charge in [0.15, 0.2) is 0 Å². The molecule has 22 heavy (non-hydrogen) atoms. The first-order chi connectivity index (χ1) is 10.5. The molecule has 3 rings (SSSR count). The van der Waals surface area contributed by atoms with E-state index in [9.17, 15) is 4.79 Å². The second kappa shape index (κ2) is 5.85. The maximum atomic E-state index is 12.4. The Balaban J connectivity index is 1.85. The minimum atomic E-state index is -0.147. The average Bonchev–Trinajstić information content (AvgIpc) is 2.90. The summed E-state index contributed by atoms with van der Waals surface area (Å²) in [6.45, 7) is 4.28. The van der Waals surface area contributed by atoms with Gasteiger partial charge in [-0.2, -0.15) is 0 Å². The van der Waals surface area contributed by atoms with Crippen LogP contribution in [0.2, 0.25) is 5.02 Å². The Kier molecular flexibility index (Phi) is 3.90. The lowest BCUT2D eigenvalue weighted by Crippen LogP contribution is -2.11. The first-order valence-corrected chi connectivity index (χ1v) is 7.60. The molecule has 0 aliphatic carbocycles. The lowest BCUT2D eigenvalue weighted by Gasteiger charge is -2.08. The molecule has 2 N–H and O–H groups in total. The van der Waals surface area contributed by atoms with Gasteiger partial charge in [0.2, 0.25) is 0 Å². The van der Waals surface area contributed by atoms with Gasteiger partial charge in [-0.05, 0) is 41.8 Å². The zero-order valence-electron chi connectivity index (χ0n) is 12.5. The molecule has 2 aromatic carbocycles. The van der Waals surface area contributed by atoms with Crippen molar-refractivity contribution >= 4 is 34.1 Å². The normalized spacial score (nSPS) is 11.1. The van der Waals surface area contributed by atoms with E-state index in [0.717, 1.165) is 16.6 Å². The summed E-state index contributed by atoms with van der Waals surface area (Å²) >= 11 is 6.01. The number of halogens is 1. The number of hydrogen-bond donors (Lipinski definition) is 2. The van der Waals surface area contributed by atoms with Gasteiger partial charge in [-0.15, -0.1) is 0 Å². The minimum Gasteiger partial charge on any atom is -0.360 e. The predicted molar refractivity (Wildman–Crippen MR) is 91.8 cm³/mol. The van der Waals surface area contributed by atoms with Crippen LogP contribution in [0.25, 0.3) is 10.9 Å². The molecule has 4 heteroatoms. The number of hydrogen-bond acceptors (Lipinski definition) is 1. The number of rotatable bonds is 3. The smallest absolute Gasteiger partial charge is 0.257 e. The molecule has 0 fully saturated rings. The number of carbonyl (C=O) groups is 1. The number of aromatic amines is 1. The van der Waals surface area contributed by atoms with Crippen molar-refractivity contribution in [3.05, 3.63) is 64.8 Å². The number of carbonyl (C=O) groups excluding carboxylic acids is 1. The van der Waals surface area contributed by atoms with Crippen molar-refractivity contribution < 1.29 is 4.79 Å². The predicted octanol–water partition coefficient (Wildman–Crippen LogP) is 5.20. The molecule has 0 bridgehead atoms. The molecule has 112 valence electrons. The van der Waals surface area contributed by atoms with E-state index in [2.05, 4.69) is 24.1 Å². The Bertz CT molecular complexity index is 819. The fourth-order valence-corrected chi connectivity index (χ4v) is 2.60. The molecule has 0 aliphatic rings. The monoisotopic (exact) mass is 312 g/mol. The van der Waals surface area contributed by atoms with Gasteiger partial charge in [-0.3, -0.25) is 4.79 Å². The maximum Gasteiger partial charge on any atom is 0.257 e. The third kappa shape index (κ3) is 2.85. The fourth-order valence-electron chi connectivity index (χ4n) is 2.43. The molecule has 0 saturated carbocycles. The topological polar surface area (TPSA) is 44.9 Å². The maximum absolute atomic E-state index is 12.4. The Labute approximate surface area is 134 Å². The molecule has 1 heterocycles. The largest absolute Gasteiger partial charge is 0.360 e. The average molecular weight is 313 g/mol. The van der Waals surface area contributed by atoms with Gasteiger partial charge in [-0.25, -0.2) is 0 Å². The first-order valence-electron chi connectivity index (χ1n) is 7.22. The van der Waals surface area contributed by atoms with E-state index in [0.29, 0.717) is 16.5 Å². The zero-order chi connectivity index (χ0) is 15.7. The molecular weight excluding hydrogens is 296 g/mol. The lowest BCUT2D eigenvalue weighted by atomic mass is 10.0. The summed E-state index contributed by atoms with van der Waals surface area (Å²) in [6, 6.07) is 13.4. The molecule has 0 saturated heterocycles. The Hall–Kier alpha value is -2.26. The van der Waals surface area contributed by atoms with Gasteiger partial charge in [0.05, 0.1) is 5.56 Å². The Morgan fingerprint density at radius 2 is 1.86 bits per heavy atom. The summed E-state index contributed by atoms with van der Waals surface area (Å²) in [6.07, 6.45) is 1.71. The summed E-state index contributed by atoms with van der Waals surface area (Å²) in [5, 5.41) is 4.36. The highest BCUT2D eigenvalue weighted by molar-refractivity contribution is 6.31. The van der Waals surface area contributed by atoms with Crippen molar-refractivity contribution in [2.24, 2.45) is 0 Å². The highest BCUT2D eigenvalue weighted by Gasteiger charge is 2.12. The van der Waals surface area contributed by atoms with Crippen molar-refractivity contribution in [2.45, 2.75) is 19.8 Å². The van der Waals surface area contributed by atoms with Crippen LogP contribution >= 0.6 is 11.6 Å². The molecule has 0 radical (unpaired) electrons. The molecule has 0 aliphatic heterocycles. The number of anilines is 1. The number of nitrogens with one attached hydrogen (secondary N) is 2. The SMILES string of the molecule is CC(C)c1ccc(NC(=O)c2c[nH]c3ccc(Cl)cc23)cc1. The molecule has 3 aromatic rings. The van der Waals surface area contributed by atoms with Gasteiger partial charge >= 0.3 is 0 Å². The molecule has 0 spiro atoms. The van der Waals surface area contributed by atoms with Crippen LogP contribution in [-0.4, -0.2) is 10.9 Å². The second-order valence-electron chi connectivity index (χ2n) is 5.62. The first kappa shape index (κ1) is 14.7. The van der Waals surface area contributed by atoms with E-state index in [-0.39, 0.29) is 5.91 Å². The molecule has 1 aromatic heterocycles. The van der Waals surface area contributed by atoms with Crippen molar-refractivity contribution in [1.29, 1.82) is 0 Å². The zero-order valence-corrected chi connectivity index (χ0v) is 13.2. The number of amides is 1. The molecule has 3 nitrogen and oxygen atoms in total. The van der Waals surface area contributed by atoms with Gasteiger partial charge < -0.3 is 10.3 Å². The second-order valence-corrected chi connectivity index (χ2v) is 6.06. The van der Waals surface area contributed by atoms with Crippen molar-refractivity contribution in [1.82, 2.24) is 4.98 Å². The lowest BCUT2D eigenvalue weighted by molar-refractivity contribution is 0.102. The minimum absolute atomic E-state index is 0.147. The van der Waals surface area contributed by atoms with Crippen molar-refractivity contribution in [3.8, 4) is 0 Å². The quantitative estimate of drug-likeness (QED) is 0.686. The van der Waals surface area contributed by atoms with E-state index in [4.69, 9.17) is 11.6 Å². The fraction of sp³-hybridized carbons (Fsp3) is 0.167. The van der Waals surface area contributed by atoms with E-state index in [1.165, 1.54) is 5.56 Å². The van der Waals surface area contributed by atoms with Gasteiger partial charge in [-0.1, -0.05) is 37.6 Å². The molecule has 0 atom stereocenters. The Morgan fingerprint density at radius 3 is 2.55 bits per heavy atom. The molecule has 1 amide bonds. The van der Waals surface area contributed by atoms with Crippen LogP contribution in [0.3, 0.4) is 0 Å². The summed E-state index contributed by atoms with van der Waals surface area (Å²) in [5.41, 5.74) is 3.51. The third-order valence-electron chi connectivity index (χ3n) is 3.72. The van der Waals surface area contributed by atoms with Crippen molar-refractivity contribution in [3.63, 3.8) is 0 Å². The van der Waals surface area contributed by atoms with Crippen LogP contribution < -0.4 is 5.32 Å². The number of aromatic nitrogens is 1. The summed E-state index contributed by atoms with van der Waals surface area (Å²) in [7, 11) is 0. The van der Waals surface area contributed by atoms with E-state index >= 15 is 0 Å². The van der Waals surface area contributed by atoms with E-state index < -0.39 is 0 Å². The van der Waals surface area contributed by atoms with E-state index in [1.807, 2.05) is 30.3 Å². The van der Waals surface area contributed by atoms with Crippen LogP contribution in [0.4, 0.5) is 5.69 Å². The van der Waals surface area contributed by atoms with Gasteiger partial charge in [0.1, 0.15) is 0 Å². The number of H-pyrrole nitrogens is 1. The molecular formula is C18H17ClN2O. The highest BCUT2D eigenvalue weighted by atomic mass is 35.5. The van der Waals surface area contributed by atoms with Gasteiger partial charge in [0, 0.05) is 27.8 Å². The van der Waals surface area contributed by atoms with E-state index in [1.54, 1.807) is 18.3 Å². The summed E-state index contributed by atoms with van der Waals surface area (Å²) in [4.78, 5) is 15.5. The summed E-state index contributed by atoms with van der Waals surface area (Å²) < 4.78 is 0.